The number of nitrogens with zero attached hydrogens (tertiary/aromatic N) is 2. The predicted molar refractivity (Wildman–Crippen MR) is 78.8 cm³/mol. The van der Waals surface area contributed by atoms with E-state index in [1.54, 1.807) is 13.8 Å². The largest absolute Gasteiger partial charge is 0.480 e. The van der Waals surface area contributed by atoms with E-state index in [1.807, 2.05) is 0 Å². The summed E-state index contributed by atoms with van der Waals surface area (Å²) in [6, 6.07) is 0.932. The molecule has 9 heteroatoms. The maximum Gasteiger partial charge on any atom is 0.417 e. The molecule has 6 nitrogen and oxygen atoms in total. The zero-order valence-electron chi connectivity index (χ0n) is 13.0. The molecule has 0 aliphatic heterocycles. The maximum absolute atomic E-state index is 12.9. The van der Waals surface area contributed by atoms with Crippen LogP contribution in [-0.4, -0.2) is 32.4 Å². The molecule has 2 N–H and O–H groups in total. The molecule has 0 aliphatic carbocycles. The minimum absolute atomic E-state index is 0.0849. The Bertz CT molecular complexity index is 783. The lowest BCUT2D eigenvalue weighted by atomic mass is 10.2. The van der Waals surface area contributed by atoms with Crippen molar-refractivity contribution in [1.82, 2.24) is 14.7 Å². The number of nitrogens with one attached hydrogen (secondary N) is 1. The third-order valence-corrected chi connectivity index (χ3v) is 3.58. The molecule has 2 rings (SSSR count). The number of aliphatic carboxylic acids is 1. The van der Waals surface area contributed by atoms with Gasteiger partial charge in [-0.2, -0.15) is 13.2 Å². The van der Waals surface area contributed by atoms with E-state index in [4.69, 9.17) is 5.11 Å². The van der Waals surface area contributed by atoms with Crippen LogP contribution in [0.15, 0.2) is 18.3 Å². The Hall–Kier alpha value is -2.58. The first-order chi connectivity index (χ1) is 11.2. The van der Waals surface area contributed by atoms with Gasteiger partial charge in [-0.3, -0.25) is 9.20 Å². The van der Waals surface area contributed by atoms with Gasteiger partial charge < -0.3 is 10.4 Å². The number of carbonyl (C=O) groups excluding carboxylic acids is 1. The van der Waals surface area contributed by atoms with Crippen LogP contribution in [0.5, 0.6) is 0 Å². The van der Waals surface area contributed by atoms with Crippen LogP contribution in [0, 0.1) is 0 Å². The number of amides is 1. The lowest BCUT2D eigenvalue weighted by molar-refractivity contribution is -0.139. The van der Waals surface area contributed by atoms with Gasteiger partial charge in [0.05, 0.1) is 11.3 Å². The fourth-order valence-corrected chi connectivity index (χ4v) is 2.31. The molecule has 2 heterocycles. The number of halogens is 3. The number of hydrogen-bond acceptors (Lipinski definition) is 3. The molecule has 0 saturated heterocycles. The number of carbonyl (C=O) groups is 2. The van der Waals surface area contributed by atoms with Gasteiger partial charge in [-0.05, 0) is 25.0 Å². The van der Waals surface area contributed by atoms with E-state index in [9.17, 15) is 22.8 Å². The van der Waals surface area contributed by atoms with Crippen LogP contribution in [0.4, 0.5) is 13.2 Å². The van der Waals surface area contributed by atoms with Gasteiger partial charge in [0.2, 0.25) is 0 Å². The number of hydrogen-bond donors (Lipinski definition) is 2. The van der Waals surface area contributed by atoms with Gasteiger partial charge in [0.25, 0.3) is 5.91 Å². The van der Waals surface area contributed by atoms with Crippen LogP contribution in [0.2, 0.25) is 0 Å². The molecule has 1 unspecified atom stereocenters. The van der Waals surface area contributed by atoms with Gasteiger partial charge in [0, 0.05) is 6.20 Å². The lowest BCUT2D eigenvalue weighted by Crippen LogP contribution is -2.41. The van der Waals surface area contributed by atoms with Crippen LogP contribution in [0.1, 0.15) is 42.0 Å². The molecule has 24 heavy (non-hydrogen) atoms. The number of pyridine rings is 1. The summed E-state index contributed by atoms with van der Waals surface area (Å²) in [7, 11) is 0. The standard InChI is InChI=1S/C15H16F3N3O3/c1-3-9-12(13(22)20-10(4-2)14(23)24)21-7-8(15(16,17)18)5-6-11(21)19-9/h5-7,10H,3-4H2,1-2H3,(H,20,22)(H,23,24). The number of carboxylic acids is 1. The molecule has 2 aromatic heterocycles. The highest BCUT2D eigenvalue weighted by atomic mass is 19.4. The number of rotatable bonds is 5. The molecule has 1 amide bonds. The average molecular weight is 343 g/mol. The van der Waals surface area contributed by atoms with Crippen LogP contribution >= 0.6 is 0 Å². The number of aromatic nitrogens is 2. The molecule has 0 saturated carbocycles. The van der Waals surface area contributed by atoms with Gasteiger partial charge >= 0.3 is 12.1 Å². The zero-order chi connectivity index (χ0) is 18.1. The maximum atomic E-state index is 12.9. The molecule has 0 spiro atoms. The van der Waals surface area contributed by atoms with Crippen molar-refractivity contribution in [2.24, 2.45) is 0 Å². The molecular formula is C15H16F3N3O3. The van der Waals surface area contributed by atoms with Crippen molar-refractivity contribution in [1.29, 1.82) is 0 Å². The van der Waals surface area contributed by atoms with E-state index in [2.05, 4.69) is 10.3 Å². The van der Waals surface area contributed by atoms with Gasteiger partial charge in [-0.1, -0.05) is 13.8 Å². The highest BCUT2D eigenvalue weighted by Crippen LogP contribution is 2.30. The molecule has 0 bridgehead atoms. The van der Waals surface area contributed by atoms with Crippen LogP contribution in [-0.2, 0) is 17.4 Å². The number of imidazole rings is 1. The number of alkyl halides is 3. The van der Waals surface area contributed by atoms with Crippen LogP contribution in [0.3, 0.4) is 0 Å². The van der Waals surface area contributed by atoms with Crippen molar-refractivity contribution in [3.05, 3.63) is 35.3 Å². The third-order valence-electron chi connectivity index (χ3n) is 3.58. The smallest absolute Gasteiger partial charge is 0.417 e. The van der Waals surface area contributed by atoms with Crippen molar-refractivity contribution in [2.45, 2.75) is 38.9 Å². The third kappa shape index (κ3) is 3.34. The molecule has 0 radical (unpaired) electrons. The second-order valence-electron chi connectivity index (χ2n) is 5.18. The highest BCUT2D eigenvalue weighted by molar-refractivity contribution is 5.97. The summed E-state index contributed by atoms with van der Waals surface area (Å²) in [4.78, 5) is 27.6. The first-order valence-electron chi connectivity index (χ1n) is 7.30. The fraction of sp³-hybridized carbons (Fsp3) is 0.400. The highest BCUT2D eigenvalue weighted by Gasteiger charge is 2.32. The molecule has 0 aliphatic rings. The quantitative estimate of drug-likeness (QED) is 0.874. The Morgan fingerprint density at radius 1 is 1.33 bits per heavy atom. The molecule has 1 atom stereocenters. The minimum atomic E-state index is -4.56. The summed E-state index contributed by atoms with van der Waals surface area (Å²) in [6.07, 6.45) is -3.31. The summed E-state index contributed by atoms with van der Waals surface area (Å²) in [5, 5.41) is 11.3. The zero-order valence-corrected chi connectivity index (χ0v) is 13.0. The van der Waals surface area contributed by atoms with E-state index in [1.165, 1.54) is 6.07 Å². The summed E-state index contributed by atoms with van der Waals surface area (Å²) in [6.45, 7) is 3.29. The Labute approximate surface area is 135 Å². The van der Waals surface area contributed by atoms with Gasteiger partial charge in [-0.15, -0.1) is 0 Å². The number of fused-ring (bicyclic) bond motifs is 1. The van der Waals surface area contributed by atoms with Crippen molar-refractivity contribution in [3.63, 3.8) is 0 Å². The second-order valence-corrected chi connectivity index (χ2v) is 5.18. The van der Waals surface area contributed by atoms with E-state index < -0.39 is 29.7 Å². The van der Waals surface area contributed by atoms with E-state index in [0.717, 1.165) is 16.7 Å². The Morgan fingerprint density at radius 3 is 2.50 bits per heavy atom. The predicted octanol–water partition coefficient (Wildman–Crippen LogP) is 2.51. The Balaban J connectivity index is 2.54. The molecule has 0 fully saturated rings. The summed E-state index contributed by atoms with van der Waals surface area (Å²) in [5.41, 5.74) is -0.520. The summed E-state index contributed by atoms with van der Waals surface area (Å²) in [5.74, 6) is -1.98. The van der Waals surface area contributed by atoms with E-state index >= 15 is 0 Å². The minimum Gasteiger partial charge on any atom is -0.480 e. The SMILES string of the molecule is CCc1nc2ccc(C(F)(F)F)cn2c1C(=O)NC(CC)C(=O)O. The summed E-state index contributed by atoms with van der Waals surface area (Å²) >= 11 is 0. The van der Waals surface area contributed by atoms with Crippen molar-refractivity contribution < 1.29 is 27.9 Å². The molecule has 0 aromatic carbocycles. The second kappa shape index (κ2) is 6.50. The van der Waals surface area contributed by atoms with Crippen molar-refractivity contribution in [2.75, 3.05) is 0 Å². The Kier molecular flexibility index (Phi) is 4.81. The van der Waals surface area contributed by atoms with Gasteiger partial charge in [0.1, 0.15) is 17.4 Å². The first kappa shape index (κ1) is 17.8. The van der Waals surface area contributed by atoms with Crippen LogP contribution < -0.4 is 5.32 Å². The number of aryl methyl sites for hydroxylation is 1. The normalized spacial score (nSPS) is 13.0. The van der Waals surface area contributed by atoms with Gasteiger partial charge in [-0.25, -0.2) is 9.78 Å². The monoisotopic (exact) mass is 343 g/mol. The fourth-order valence-electron chi connectivity index (χ4n) is 2.31. The average Bonchev–Trinajstić information content (AvgIpc) is 2.88. The summed E-state index contributed by atoms with van der Waals surface area (Å²) < 4.78 is 39.7. The molecular weight excluding hydrogens is 327 g/mol. The van der Waals surface area contributed by atoms with E-state index in [0.29, 0.717) is 12.1 Å². The molecule has 2 aromatic rings. The van der Waals surface area contributed by atoms with Gasteiger partial charge in [0.15, 0.2) is 0 Å². The first-order valence-corrected chi connectivity index (χ1v) is 7.30. The van der Waals surface area contributed by atoms with Crippen molar-refractivity contribution in [3.8, 4) is 0 Å². The van der Waals surface area contributed by atoms with Crippen LogP contribution in [0.25, 0.3) is 5.65 Å². The topological polar surface area (TPSA) is 83.7 Å². The van der Waals surface area contributed by atoms with Crippen molar-refractivity contribution >= 4 is 17.5 Å². The van der Waals surface area contributed by atoms with E-state index in [-0.39, 0.29) is 17.8 Å². The Morgan fingerprint density at radius 2 is 2.00 bits per heavy atom. The lowest BCUT2D eigenvalue weighted by Gasteiger charge is -2.13. The molecule has 130 valence electrons. The number of carboxylic acid groups (broad SMARTS) is 1.